The minimum atomic E-state index is -4.61. The lowest BCUT2D eigenvalue weighted by atomic mass is 10.0. The Morgan fingerprint density at radius 1 is 1.36 bits per heavy atom. The van der Waals surface area contributed by atoms with E-state index in [1.54, 1.807) is 0 Å². The van der Waals surface area contributed by atoms with Gasteiger partial charge in [0.05, 0.1) is 17.2 Å². The molecular formula is C9H6F3NO. The molecule has 0 bridgehead atoms. The normalized spacial score (nSPS) is 11.1. The van der Waals surface area contributed by atoms with Crippen LogP contribution >= 0.6 is 0 Å². The van der Waals surface area contributed by atoms with E-state index in [4.69, 9.17) is 10.4 Å². The van der Waals surface area contributed by atoms with E-state index in [2.05, 4.69) is 0 Å². The number of halogens is 3. The molecule has 1 N–H and O–H groups in total. The predicted molar refractivity (Wildman–Crippen MR) is 42.6 cm³/mol. The van der Waals surface area contributed by atoms with Crippen LogP contribution in [0, 0.1) is 18.3 Å². The van der Waals surface area contributed by atoms with Gasteiger partial charge in [0.15, 0.2) is 0 Å². The molecule has 0 aliphatic heterocycles. The third-order valence-corrected chi connectivity index (χ3v) is 1.76. The largest absolute Gasteiger partial charge is 0.508 e. The highest BCUT2D eigenvalue weighted by Gasteiger charge is 2.34. The lowest BCUT2D eigenvalue weighted by molar-refractivity contribution is -0.137. The number of hydrogen-bond acceptors (Lipinski definition) is 2. The van der Waals surface area contributed by atoms with E-state index in [1.165, 1.54) is 13.0 Å². The summed E-state index contributed by atoms with van der Waals surface area (Å²) in [4.78, 5) is 0. The summed E-state index contributed by atoms with van der Waals surface area (Å²) in [6.07, 6.45) is -4.61. The van der Waals surface area contributed by atoms with E-state index >= 15 is 0 Å². The third-order valence-electron chi connectivity index (χ3n) is 1.76. The van der Waals surface area contributed by atoms with Crippen molar-refractivity contribution < 1.29 is 18.3 Å². The van der Waals surface area contributed by atoms with Crippen LogP contribution in [0.5, 0.6) is 5.75 Å². The Balaban J connectivity index is 3.45. The van der Waals surface area contributed by atoms with Crippen molar-refractivity contribution in [3.63, 3.8) is 0 Å². The summed E-state index contributed by atoms with van der Waals surface area (Å²) in [5.74, 6) is -0.462. The van der Waals surface area contributed by atoms with Crippen LogP contribution in [0.3, 0.4) is 0 Å². The molecule has 0 aliphatic rings. The Bertz CT molecular complexity index is 404. The van der Waals surface area contributed by atoms with Crippen LogP contribution in [0.25, 0.3) is 0 Å². The molecule has 0 spiro atoms. The highest BCUT2D eigenvalue weighted by Crippen LogP contribution is 2.35. The van der Waals surface area contributed by atoms with Gasteiger partial charge in [-0.25, -0.2) is 0 Å². The predicted octanol–water partition coefficient (Wildman–Crippen LogP) is 2.59. The van der Waals surface area contributed by atoms with Crippen LogP contribution in [0.15, 0.2) is 12.1 Å². The molecule has 2 nitrogen and oxygen atoms in total. The first-order valence-corrected chi connectivity index (χ1v) is 3.67. The van der Waals surface area contributed by atoms with Crippen LogP contribution in [-0.4, -0.2) is 5.11 Å². The van der Waals surface area contributed by atoms with Crippen LogP contribution in [0.2, 0.25) is 0 Å². The van der Waals surface area contributed by atoms with Gasteiger partial charge in [-0.2, -0.15) is 18.4 Å². The van der Waals surface area contributed by atoms with Gasteiger partial charge in [0.25, 0.3) is 0 Å². The molecule has 5 heteroatoms. The van der Waals surface area contributed by atoms with Gasteiger partial charge in [0, 0.05) is 0 Å². The SMILES string of the molecule is Cc1cc(C#N)c(C(F)(F)F)cc1O. The van der Waals surface area contributed by atoms with E-state index in [0.717, 1.165) is 6.07 Å². The van der Waals surface area contributed by atoms with Gasteiger partial charge in [-0.3, -0.25) is 0 Å². The molecule has 0 radical (unpaired) electrons. The molecule has 0 heterocycles. The van der Waals surface area contributed by atoms with Crippen LogP contribution in [-0.2, 0) is 6.18 Å². The molecule has 0 saturated carbocycles. The monoisotopic (exact) mass is 201 g/mol. The van der Waals surface area contributed by atoms with Gasteiger partial charge in [0.1, 0.15) is 5.75 Å². The van der Waals surface area contributed by atoms with E-state index in [-0.39, 0.29) is 5.56 Å². The molecule has 0 atom stereocenters. The molecule has 1 aromatic carbocycles. The second-order valence-electron chi connectivity index (χ2n) is 2.79. The van der Waals surface area contributed by atoms with Crippen molar-refractivity contribution >= 4 is 0 Å². The van der Waals surface area contributed by atoms with Crippen LogP contribution in [0.1, 0.15) is 16.7 Å². The standard InChI is InChI=1S/C9H6F3NO/c1-5-2-6(4-13)7(3-8(5)14)9(10,11)12/h2-3,14H,1H3. The van der Waals surface area contributed by atoms with Gasteiger partial charge < -0.3 is 5.11 Å². The zero-order valence-electron chi connectivity index (χ0n) is 7.18. The highest BCUT2D eigenvalue weighted by atomic mass is 19.4. The number of nitrogens with zero attached hydrogens (tertiary/aromatic N) is 1. The summed E-state index contributed by atoms with van der Waals surface area (Å²) >= 11 is 0. The maximum absolute atomic E-state index is 12.3. The summed E-state index contributed by atoms with van der Waals surface area (Å²) in [5, 5.41) is 17.5. The van der Waals surface area contributed by atoms with E-state index in [1.807, 2.05) is 0 Å². The second-order valence-corrected chi connectivity index (χ2v) is 2.79. The Morgan fingerprint density at radius 2 is 1.93 bits per heavy atom. The van der Waals surface area contributed by atoms with Crippen molar-refractivity contribution in [1.82, 2.24) is 0 Å². The van der Waals surface area contributed by atoms with Crippen LogP contribution in [0.4, 0.5) is 13.2 Å². The molecule has 1 rings (SSSR count). The number of phenols is 1. The lowest BCUT2D eigenvalue weighted by Gasteiger charge is -2.10. The van der Waals surface area contributed by atoms with E-state index < -0.39 is 23.1 Å². The molecular weight excluding hydrogens is 195 g/mol. The third kappa shape index (κ3) is 1.79. The van der Waals surface area contributed by atoms with Crippen molar-refractivity contribution in [2.45, 2.75) is 13.1 Å². The molecule has 74 valence electrons. The lowest BCUT2D eigenvalue weighted by Crippen LogP contribution is -2.07. The summed E-state index contributed by atoms with van der Waals surface area (Å²) in [5.41, 5.74) is -1.34. The van der Waals surface area contributed by atoms with Crippen molar-refractivity contribution in [3.05, 3.63) is 28.8 Å². The molecule has 0 aliphatic carbocycles. The smallest absolute Gasteiger partial charge is 0.417 e. The fourth-order valence-corrected chi connectivity index (χ4v) is 1.02. The van der Waals surface area contributed by atoms with Crippen molar-refractivity contribution in [2.75, 3.05) is 0 Å². The summed E-state index contributed by atoms with van der Waals surface area (Å²) in [7, 11) is 0. The van der Waals surface area contributed by atoms with Crippen molar-refractivity contribution in [2.24, 2.45) is 0 Å². The highest BCUT2D eigenvalue weighted by molar-refractivity contribution is 5.48. The molecule has 0 fully saturated rings. The molecule has 14 heavy (non-hydrogen) atoms. The number of benzene rings is 1. The average molecular weight is 201 g/mol. The van der Waals surface area contributed by atoms with Crippen LogP contribution < -0.4 is 0 Å². The van der Waals surface area contributed by atoms with Gasteiger partial charge >= 0.3 is 6.18 Å². The number of rotatable bonds is 0. The number of aryl methyl sites for hydroxylation is 1. The Morgan fingerprint density at radius 3 is 2.36 bits per heavy atom. The number of aromatic hydroxyl groups is 1. The maximum Gasteiger partial charge on any atom is 0.417 e. The van der Waals surface area contributed by atoms with E-state index in [0.29, 0.717) is 6.07 Å². The van der Waals surface area contributed by atoms with Gasteiger partial charge in [0.2, 0.25) is 0 Å². The van der Waals surface area contributed by atoms with Gasteiger partial charge in [-0.15, -0.1) is 0 Å². The minimum Gasteiger partial charge on any atom is -0.508 e. The van der Waals surface area contributed by atoms with Crippen molar-refractivity contribution in [3.8, 4) is 11.8 Å². The minimum absolute atomic E-state index is 0.245. The summed E-state index contributed by atoms with van der Waals surface area (Å²) < 4.78 is 36.9. The molecule has 0 amide bonds. The Hall–Kier alpha value is -1.70. The Kier molecular flexibility index (Phi) is 2.39. The first-order chi connectivity index (χ1) is 6.36. The summed E-state index contributed by atoms with van der Waals surface area (Å²) in [6.45, 7) is 1.43. The molecule has 0 unspecified atom stereocenters. The zero-order chi connectivity index (χ0) is 10.9. The molecule has 0 aromatic heterocycles. The number of nitriles is 1. The second kappa shape index (κ2) is 3.22. The molecule has 0 saturated heterocycles. The number of phenolic OH excluding ortho intramolecular Hbond substituents is 1. The first-order valence-electron chi connectivity index (χ1n) is 3.67. The number of alkyl halides is 3. The fraction of sp³-hybridized carbons (Fsp3) is 0.222. The van der Waals surface area contributed by atoms with Gasteiger partial charge in [-0.05, 0) is 24.6 Å². The first kappa shape index (κ1) is 10.4. The van der Waals surface area contributed by atoms with E-state index in [9.17, 15) is 13.2 Å². The zero-order valence-corrected chi connectivity index (χ0v) is 7.18. The molecule has 1 aromatic rings. The summed E-state index contributed by atoms with van der Waals surface area (Å²) in [6, 6.07) is 3.01. The Labute approximate surface area is 78.2 Å². The maximum atomic E-state index is 12.3. The average Bonchev–Trinajstić information content (AvgIpc) is 2.07. The fourth-order valence-electron chi connectivity index (χ4n) is 1.02. The van der Waals surface area contributed by atoms with Gasteiger partial charge in [-0.1, -0.05) is 0 Å². The quantitative estimate of drug-likeness (QED) is 0.701. The van der Waals surface area contributed by atoms with Crippen molar-refractivity contribution in [1.29, 1.82) is 5.26 Å². The number of hydrogen-bond donors (Lipinski definition) is 1. The topological polar surface area (TPSA) is 44.0 Å².